The molecule has 0 spiro atoms. The van der Waals surface area contributed by atoms with Crippen molar-refractivity contribution in [1.82, 2.24) is 20.5 Å². The standard InChI is InChI=1S/C16H23N5OS2/c1-12-14(24-11-20-12)15(22)18-7-8-19-16(17-2)21(3)9-6-13-5-4-10-23-13/h4-5,10-11H,6-9H2,1-3H3,(H,17,19)(H,18,22). The lowest BCUT2D eigenvalue weighted by atomic mass is 10.3. The van der Waals surface area contributed by atoms with Gasteiger partial charge in [0.25, 0.3) is 5.91 Å². The highest BCUT2D eigenvalue weighted by molar-refractivity contribution is 7.11. The van der Waals surface area contributed by atoms with Gasteiger partial charge in [-0.05, 0) is 24.8 Å². The van der Waals surface area contributed by atoms with Gasteiger partial charge in [-0.25, -0.2) is 4.98 Å². The van der Waals surface area contributed by atoms with Crippen LogP contribution in [-0.4, -0.2) is 55.5 Å². The lowest BCUT2D eigenvalue weighted by Gasteiger charge is -2.21. The van der Waals surface area contributed by atoms with Crippen molar-refractivity contribution in [3.05, 3.63) is 38.5 Å². The number of carbonyl (C=O) groups excluding carboxylic acids is 1. The molecular formula is C16H23N5OS2. The van der Waals surface area contributed by atoms with E-state index < -0.39 is 0 Å². The van der Waals surface area contributed by atoms with Crippen LogP contribution in [0.2, 0.25) is 0 Å². The van der Waals surface area contributed by atoms with Crippen molar-refractivity contribution in [3.8, 4) is 0 Å². The molecule has 0 aliphatic heterocycles. The van der Waals surface area contributed by atoms with Gasteiger partial charge >= 0.3 is 0 Å². The molecule has 1 amide bonds. The number of rotatable bonds is 7. The zero-order chi connectivity index (χ0) is 17.4. The number of aliphatic imine (C=N–C) groups is 1. The predicted octanol–water partition coefficient (Wildman–Crippen LogP) is 1.99. The summed E-state index contributed by atoms with van der Waals surface area (Å²) in [4.78, 5) is 24.5. The number of aromatic nitrogens is 1. The number of thiophene rings is 1. The topological polar surface area (TPSA) is 69.6 Å². The molecule has 0 radical (unpaired) electrons. The van der Waals surface area contributed by atoms with Crippen molar-refractivity contribution in [2.24, 2.45) is 4.99 Å². The van der Waals surface area contributed by atoms with Crippen molar-refractivity contribution < 1.29 is 4.79 Å². The fourth-order valence-electron chi connectivity index (χ4n) is 2.17. The maximum absolute atomic E-state index is 12.0. The number of amides is 1. The van der Waals surface area contributed by atoms with Gasteiger partial charge in [0.15, 0.2) is 5.96 Å². The van der Waals surface area contributed by atoms with E-state index in [1.165, 1.54) is 16.2 Å². The first-order chi connectivity index (χ1) is 11.6. The molecule has 8 heteroatoms. The minimum atomic E-state index is -0.0714. The van der Waals surface area contributed by atoms with E-state index in [1.807, 2.05) is 14.0 Å². The van der Waals surface area contributed by atoms with Crippen LogP contribution in [0.4, 0.5) is 0 Å². The van der Waals surface area contributed by atoms with E-state index in [1.54, 1.807) is 23.9 Å². The summed E-state index contributed by atoms with van der Waals surface area (Å²) in [6.07, 6.45) is 0.996. The fraction of sp³-hybridized carbons (Fsp3) is 0.438. The zero-order valence-corrected chi connectivity index (χ0v) is 15.8. The van der Waals surface area contributed by atoms with Crippen molar-refractivity contribution in [2.45, 2.75) is 13.3 Å². The number of hydrogen-bond donors (Lipinski definition) is 2. The van der Waals surface area contributed by atoms with E-state index in [2.05, 4.69) is 43.0 Å². The molecule has 0 saturated carbocycles. The minimum absolute atomic E-state index is 0.0714. The molecule has 24 heavy (non-hydrogen) atoms. The van der Waals surface area contributed by atoms with Gasteiger partial charge in [-0.1, -0.05) is 6.07 Å². The number of carbonyl (C=O) groups is 1. The Hall–Kier alpha value is -1.93. The Morgan fingerprint density at radius 2 is 2.12 bits per heavy atom. The van der Waals surface area contributed by atoms with Gasteiger partial charge in [0, 0.05) is 38.6 Å². The van der Waals surface area contributed by atoms with E-state index in [-0.39, 0.29) is 5.91 Å². The molecule has 0 saturated heterocycles. The molecule has 2 rings (SSSR count). The first kappa shape index (κ1) is 18.4. The van der Waals surface area contributed by atoms with Gasteiger partial charge in [-0.15, -0.1) is 22.7 Å². The lowest BCUT2D eigenvalue weighted by Crippen LogP contribution is -2.43. The second-order valence-electron chi connectivity index (χ2n) is 5.25. The maximum Gasteiger partial charge on any atom is 0.263 e. The summed E-state index contributed by atoms with van der Waals surface area (Å²) in [7, 11) is 3.78. The molecule has 6 nitrogen and oxygen atoms in total. The minimum Gasteiger partial charge on any atom is -0.354 e. The summed E-state index contributed by atoms with van der Waals surface area (Å²) >= 11 is 3.13. The molecule has 2 N–H and O–H groups in total. The Bertz CT molecular complexity index is 666. The zero-order valence-electron chi connectivity index (χ0n) is 14.2. The highest BCUT2D eigenvalue weighted by Crippen LogP contribution is 2.11. The molecule has 130 valence electrons. The van der Waals surface area contributed by atoms with Crippen LogP contribution in [0.5, 0.6) is 0 Å². The molecule has 0 aliphatic rings. The molecular weight excluding hydrogens is 342 g/mol. The first-order valence-corrected chi connectivity index (χ1v) is 9.50. The highest BCUT2D eigenvalue weighted by Gasteiger charge is 2.11. The van der Waals surface area contributed by atoms with Gasteiger partial charge in [-0.2, -0.15) is 0 Å². The van der Waals surface area contributed by atoms with Crippen LogP contribution in [-0.2, 0) is 6.42 Å². The number of thiazole rings is 1. The molecule has 0 fully saturated rings. The number of aryl methyl sites for hydroxylation is 1. The predicted molar refractivity (Wildman–Crippen MR) is 101 cm³/mol. The summed E-state index contributed by atoms with van der Waals surface area (Å²) in [5, 5.41) is 8.26. The van der Waals surface area contributed by atoms with Gasteiger partial charge < -0.3 is 15.5 Å². The van der Waals surface area contributed by atoms with Crippen LogP contribution in [0.25, 0.3) is 0 Å². The normalized spacial score (nSPS) is 11.4. The number of guanidine groups is 1. The molecule has 2 heterocycles. The van der Waals surface area contributed by atoms with Crippen LogP contribution in [0.15, 0.2) is 28.0 Å². The smallest absolute Gasteiger partial charge is 0.263 e. The van der Waals surface area contributed by atoms with E-state index in [0.717, 1.165) is 24.6 Å². The number of hydrogen-bond acceptors (Lipinski definition) is 5. The highest BCUT2D eigenvalue weighted by atomic mass is 32.1. The molecule has 0 aliphatic carbocycles. The third kappa shape index (κ3) is 5.31. The Morgan fingerprint density at radius 3 is 2.75 bits per heavy atom. The van der Waals surface area contributed by atoms with Crippen molar-refractivity contribution >= 4 is 34.5 Å². The maximum atomic E-state index is 12.0. The Balaban J connectivity index is 1.69. The van der Waals surface area contributed by atoms with E-state index >= 15 is 0 Å². The van der Waals surface area contributed by atoms with Crippen molar-refractivity contribution in [2.75, 3.05) is 33.7 Å². The van der Waals surface area contributed by atoms with Crippen molar-refractivity contribution in [1.29, 1.82) is 0 Å². The molecule has 2 aromatic heterocycles. The molecule has 2 aromatic rings. The summed E-state index contributed by atoms with van der Waals surface area (Å²) in [5.41, 5.74) is 2.46. The summed E-state index contributed by atoms with van der Waals surface area (Å²) in [5.74, 6) is 0.757. The van der Waals surface area contributed by atoms with Gasteiger partial charge in [0.2, 0.25) is 0 Å². The SMILES string of the molecule is CN=C(NCCNC(=O)c1scnc1C)N(C)CCc1cccs1. The largest absolute Gasteiger partial charge is 0.354 e. The lowest BCUT2D eigenvalue weighted by molar-refractivity contribution is 0.0957. The Kier molecular flexibility index (Phi) is 7.20. The summed E-state index contributed by atoms with van der Waals surface area (Å²) < 4.78 is 0. The van der Waals surface area contributed by atoms with E-state index in [9.17, 15) is 4.79 Å². The second kappa shape index (κ2) is 9.39. The van der Waals surface area contributed by atoms with Crippen LogP contribution < -0.4 is 10.6 Å². The van der Waals surface area contributed by atoms with E-state index in [0.29, 0.717) is 18.0 Å². The Morgan fingerprint density at radius 1 is 1.33 bits per heavy atom. The molecule has 0 bridgehead atoms. The van der Waals surface area contributed by atoms with Crippen molar-refractivity contribution in [3.63, 3.8) is 0 Å². The van der Waals surface area contributed by atoms with Crippen LogP contribution in [0.1, 0.15) is 20.2 Å². The Labute approximate surface area is 150 Å². The average molecular weight is 366 g/mol. The van der Waals surface area contributed by atoms with Crippen LogP contribution in [0, 0.1) is 6.92 Å². The average Bonchev–Trinajstić information content (AvgIpc) is 3.24. The second-order valence-corrected chi connectivity index (χ2v) is 7.13. The number of nitrogens with one attached hydrogen (secondary N) is 2. The first-order valence-electron chi connectivity index (χ1n) is 7.74. The van der Waals surface area contributed by atoms with E-state index in [4.69, 9.17) is 0 Å². The van der Waals surface area contributed by atoms with Crippen LogP contribution >= 0.6 is 22.7 Å². The fourth-order valence-corrected chi connectivity index (χ4v) is 3.59. The number of nitrogens with zero attached hydrogens (tertiary/aromatic N) is 3. The quantitative estimate of drug-likeness (QED) is 0.447. The van der Waals surface area contributed by atoms with Gasteiger partial charge in [0.05, 0.1) is 11.2 Å². The monoisotopic (exact) mass is 365 g/mol. The summed E-state index contributed by atoms with van der Waals surface area (Å²) in [6, 6.07) is 4.21. The van der Waals surface area contributed by atoms with Crippen LogP contribution in [0.3, 0.4) is 0 Å². The third-order valence-electron chi connectivity index (χ3n) is 3.49. The third-order valence-corrected chi connectivity index (χ3v) is 5.36. The van der Waals surface area contributed by atoms with Gasteiger partial charge in [-0.3, -0.25) is 9.79 Å². The molecule has 0 aromatic carbocycles. The number of likely N-dealkylation sites (N-methyl/N-ethyl adjacent to an activating group) is 1. The summed E-state index contributed by atoms with van der Waals surface area (Å²) in [6.45, 7) is 3.90. The molecule has 0 unspecified atom stereocenters. The van der Waals surface area contributed by atoms with Gasteiger partial charge in [0.1, 0.15) is 4.88 Å². The molecule has 0 atom stereocenters.